The number of para-hydroxylation sites is 6. The maximum Gasteiger partial charge on any atom is 0.336 e. The molecule has 0 atom stereocenters. The van der Waals surface area contributed by atoms with Gasteiger partial charge in [0, 0.05) is 54.4 Å². The molecule has 220 valence electrons. The maximum absolute atomic E-state index is 7.05. The van der Waals surface area contributed by atoms with Gasteiger partial charge in [0.2, 0.25) is 0 Å². The second-order valence-electron chi connectivity index (χ2n) is 13.2. The van der Waals surface area contributed by atoms with Crippen LogP contribution in [0.2, 0.25) is 0 Å². The molecule has 0 aliphatic carbocycles. The summed E-state index contributed by atoms with van der Waals surface area (Å²) in [5.41, 5.74) is 13.1. The van der Waals surface area contributed by atoms with Gasteiger partial charge in [-0.1, -0.05) is 103 Å². The molecule has 6 heterocycles. The smallest absolute Gasteiger partial charge is 0.336 e. The van der Waals surface area contributed by atoms with E-state index >= 15 is 0 Å². The summed E-state index contributed by atoms with van der Waals surface area (Å²) in [7, 11) is 0. The third-order valence-corrected chi connectivity index (χ3v) is 11.0. The normalized spacial score (nSPS) is 13.5. The monoisotopic (exact) mass is 611 g/mol. The van der Waals surface area contributed by atoms with Crippen LogP contribution in [0.15, 0.2) is 138 Å². The Bertz CT molecular complexity index is 3230. The third kappa shape index (κ3) is 2.53. The van der Waals surface area contributed by atoms with Crippen molar-refractivity contribution in [2.75, 3.05) is 0 Å². The molecule has 0 fully saturated rings. The molecular formula is C42H22BN3O2. The van der Waals surface area contributed by atoms with Crippen molar-refractivity contribution in [2.45, 2.75) is 0 Å². The van der Waals surface area contributed by atoms with Crippen LogP contribution in [0.25, 0.3) is 87.9 Å². The van der Waals surface area contributed by atoms with Gasteiger partial charge in [-0.25, -0.2) is 9.20 Å². The van der Waals surface area contributed by atoms with Crippen molar-refractivity contribution >= 4 is 88.8 Å². The fourth-order valence-electron chi connectivity index (χ4n) is 9.26. The van der Waals surface area contributed by atoms with Crippen molar-refractivity contribution < 1.29 is 9.15 Å². The topological polar surface area (TPSA) is 36.6 Å². The molecule has 48 heavy (non-hydrogen) atoms. The Morgan fingerprint density at radius 1 is 0.521 bits per heavy atom. The number of aromatic nitrogens is 3. The van der Waals surface area contributed by atoms with E-state index in [1.165, 1.54) is 54.6 Å². The molecule has 0 saturated carbocycles. The summed E-state index contributed by atoms with van der Waals surface area (Å²) in [6, 6.07) is 48.2. The van der Waals surface area contributed by atoms with Gasteiger partial charge in [0.1, 0.15) is 17.0 Å². The zero-order valence-corrected chi connectivity index (χ0v) is 25.4. The lowest BCUT2D eigenvalue weighted by Gasteiger charge is -2.34. The fraction of sp³-hybridized carbons (Fsp3) is 0. The van der Waals surface area contributed by atoms with Gasteiger partial charge in [0.05, 0.1) is 11.0 Å². The highest BCUT2D eigenvalue weighted by Crippen LogP contribution is 2.47. The third-order valence-electron chi connectivity index (χ3n) is 11.0. The van der Waals surface area contributed by atoms with Crippen LogP contribution in [0.1, 0.15) is 0 Å². The Morgan fingerprint density at radius 2 is 1.19 bits per heavy atom. The van der Waals surface area contributed by atoms with Crippen LogP contribution in [-0.4, -0.2) is 20.5 Å². The van der Waals surface area contributed by atoms with Gasteiger partial charge in [0.15, 0.2) is 16.9 Å². The summed E-state index contributed by atoms with van der Waals surface area (Å²) in [4.78, 5) is 0. The van der Waals surface area contributed by atoms with E-state index in [1.807, 2.05) is 0 Å². The van der Waals surface area contributed by atoms with E-state index < -0.39 is 0 Å². The minimum absolute atomic E-state index is 0.0694. The van der Waals surface area contributed by atoms with Crippen LogP contribution in [-0.2, 0) is 0 Å². The summed E-state index contributed by atoms with van der Waals surface area (Å²) < 4.78 is 21.4. The lowest BCUT2D eigenvalue weighted by Crippen LogP contribution is -2.54. The number of ether oxygens (including phenoxy) is 1. The van der Waals surface area contributed by atoms with Crippen molar-refractivity contribution in [3.63, 3.8) is 0 Å². The minimum Gasteiger partial charge on any atom is -0.454 e. The SMILES string of the molecule is c1ccc2c(c1)Oc1c3c(cc4c1oc1cccc5c1-n4n1c4ccccc4c4cccc5c41)-c1cccc4c5ccccc5n(c14)B23. The summed E-state index contributed by atoms with van der Waals surface area (Å²) >= 11 is 0. The molecule has 0 radical (unpaired) electrons. The van der Waals surface area contributed by atoms with E-state index in [-0.39, 0.29) is 6.85 Å². The molecule has 6 heteroatoms. The Balaban J connectivity index is 1.32. The Hall–Kier alpha value is -6.40. The first kappa shape index (κ1) is 23.9. The van der Waals surface area contributed by atoms with Crippen LogP contribution in [0.3, 0.4) is 0 Å². The van der Waals surface area contributed by atoms with Crippen molar-refractivity contribution in [1.29, 1.82) is 0 Å². The van der Waals surface area contributed by atoms with Gasteiger partial charge in [-0.05, 0) is 41.4 Å². The molecule has 4 aliphatic rings. The van der Waals surface area contributed by atoms with Gasteiger partial charge in [-0.3, -0.25) is 0 Å². The Morgan fingerprint density at radius 3 is 2.08 bits per heavy atom. The zero-order valence-electron chi connectivity index (χ0n) is 25.4. The molecule has 13 rings (SSSR count). The van der Waals surface area contributed by atoms with Crippen molar-refractivity contribution in [3.8, 4) is 28.3 Å². The molecular weight excluding hydrogens is 589 g/mol. The molecule has 0 amide bonds. The van der Waals surface area contributed by atoms with Crippen LogP contribution in [0.5, 0.6) is 11.5 Å². The number of nitrogens with zero attached hydrogens (tertiary/aromatic N) is 3. The second-order valence-corrected chi connectivity index (χ2v) is 13.2. The molecule has 0 unspecified atom stereocenters. The first-order valence-electron chi connectivity index (χ1n) is 16.5. The minimum atomic E-state index is -0.0694. The van der Waals surface area contributed by atoms with Gasteiger partial charge < -0.3 is 13.6 Å². The van der Waals surface area contributed by atoms with Gasteiger partial charge in [0.25, 0.3) is 0 Å². The van der Waals surface area contributed by atoms with E-state index in [0.29, 0.717) is 0 Å². The second kappa shape index (κ2) is 7.93. The predicted octanol–water partition coefficient (Wildman–Crippen LogP) is 9.22. The van der Waals surface area contributed by atoms with Gasteiger partial charge in [-0.15, -0.1) is 0 Å². The molecule has 0 bridgehead atoms. The number of fused-ring (bicyclic) bond motifs is 15. The van der Waals surface area contributed by atoms with E-state index in [1.54, 1.807) is 0 Å². The lowest BCUT2D eigenvalue weighted by molar-refractivity contribution is 0.477. The number of rotatable bonds is 0. The summed E-state index contributed by atoms with van der Waals surface area (Å²) in [6.45, 7) is -0.0694. The molecule has 9 aromatic rings. The summed E-state index contributed by atoms with van der Waals surface area (Å²) in [5, 5.41) is 7.38. The zero-order chi connectivity index (χ0) is 30.8. The highest BCUT2D eigenvalue weighted by molar-refractivity contribution is 6.89. The van der Waals surface area contributed by atoms with E-state index in [2.05, 4.69) is 147 Å². The summed E-state index contributed by atoms with van der Waals surface area (Å²) in [6.07, 6.45) is 0. The highest BCUT2D eigenvalue weighted by Gasteiger charge is 2.43. The van der Waals surface area contributed by atoms with Crippen LogP contribution < -0.4 is 15.7 Å². The molecule has 0 spiro atoms. The van der Waals surface area contributed by atoms with Crippen LogP contribution in [0.4, 0.5) is 0 Å². The average Bonchev–Trinajstić information content (AvgIpc) is 3.66. The van der Waals surface area contributed by atoms with Crippen molar-refractivity contribution in [1.82, 2.24) is 13.7 Å². The molecule has 7 aromatic carbocycles. The summed E-state index contributed by atoms with van der Waals surface area (Å²) in [5.74, 6) is 1.65. The first-order chi connectivity index (χ1) is 23.8. The van der Waals surface area contributed by atoms with E-state index in [4.69, 9.17) is 9.15 Å². The lowest BCUT2D eigenvalue weighted by atomic mass is 9.46. The average molecular weight is 611 g/mol. The molecule has 5 nitrogen and oxygen atoms in total. The number of benzene rings is 7. The first-order valence-corrected chi connectivity index (χ1v) is 16.5. The molecule has 4 aliphatic heterocycles. The van der Waals surface area contributed by atoms with Crippen molar-refractivity contribution in [2.24, 2.45) is 0 Å². The largest absolute Gasteiger partial charge is 0.454 e. The highest BCUT2D eigenvalue weighted by atomic mass is 16.5. The Kier molecular flexibility index (Phi) is 3.95. The molecule has 2 aromatic heterocycles. The number of hydrogen-bond donors (Lipinski definition) is 0. The van der Waals surface area contributed by atoms with E-state index in [9.17, 15) is 0 Å². The number of hydrogen-bond acceptors (Lipinski definition) is 2. The predicted molar refractivity (Wildman–Crippen MR) is 196 cm³/mol. The van der Waals surface area contributed by atoms with Gasteiger partial charge >= 0.3 is 6.85 Å². The van der Waals surface area contributed by atoms with Crippen molar-refractivity contribution in [3.05, 3.63) is 133 Å². The van der Waals surface area contributed by atoms with Gasteiger partial charge in [-0.2, -0.15) is 0 Å². The van der Waals surface area contributed by atoms with Crippen LogP contribution in [0, 0.1) is 0 Å². The van der Waals surface area contributed by atoms with E-state index in [0.717, 1.165) is 55.7 Å². The Labute approximate surface area is 272 Å². The fourth-order valence-corrected chi connectivity index (χ4v) is 9.26. The standard InChI is InChI=1S/C42H22BN3O2/c1-4-18-32-23(10-1)25-12-7-15-29-30-22-34-41(42-37(30)43(44(32)38(25)29)31-17-3-6-20-35(31)47-42)48-36-21-9-16-28-27-14-8-13-26-24-11-2-5-19-33(24)45(39(26)27)46(34)40(28)36/h1-22H. The molecule has 0 N–H and O–H groups in total. The maximum atomic E-state index is 7.05. The molecule has 0 saturated heterocycles. The quantitative estimate of drug-likeness (QED) is 0.0974. The van der Waals surface area contributed by atoms with Crippen LogP contribution >= 0.6 is 0 Å².